The predicted molar refractivity (Wildman–Crippen MR) is 59.4 cm³/mol. The highest BCUT2D eigenvalue weighted by Crippen LogP contribution is 2.31. The van der Waals surface area contributed by atoms with Gasteiger partial charge in [-0.05, 0) is 18.9 Å². The van der Waals surface area contributed by atoms with Gasteiger partial charge in [-0.25, -0.2) is 8.42 Å². The van der Waals surface area contributed by atoms with Crippen LogP contribution < -0.4 is 0 Å². The second-order valence-corrected chi connectivity index (χ2v) is 5.97. The van der Waals surface area contributed by atoms with Crippen LogP contribution in [0.5, 0.6) is 0 Å². The van der Waals surface area contributed by atoms with E-state index < -0.39 is 10.0 Å². The first-order chi connectivity index (χ1) is 7.55. The van der Waals surface area contributed by atoms with Gasteiger partial charge in [0.2, 0.25) is 10.0 Å². The summed E-state index contributed by atoms with van der Waals surface area (Å²) >= 11 is 0. The molecule has 1 aliphatic rings. The minimum absolute atomic E-state index is 0.0809. The van der Waals surface area contributed by atoms with E-state index in [1.54, 1.807) is 30.1 Å². The molecule has 6 heteroatoms. The Balaban J connectivity index is 2.28. The second kappa shape index (κ2) is 4.20. The molecule has 0 radical (unpaired) electrons. The lowest BCUT2D eigenvalue weighted by atomic mass is 10.6. The van der Waals surface area contributed by atoms with Crippen LogP contribution >= 0.6 is 0 Å². The van der Waals surface area contributed by atoms with E-state index in [1.807, 2.05) is 0 Å². The first-order valence-electron chi connectivity index (χ1n) is 5.30. The Morgan fingerprint density at radius 2 is 2.25 bits per heavy atom. The zero-order valence-corrected chi connectivity index (χ0v) is 10.0. The van der Waals surface area contributed by atoms with Crippen molar-refractivity contribution in [1.29, 1.82) is 0 Å². The van der Waals surface area contributed by atoms with Crippen LogP contribution in [0.25, 0.3) is 0 Å². The van der Waals surface area contributed by atoms with Crippen molar-refractivity contribution in [3.05, 3.63) is 18.5 Å². The molecule has 1 saturated carbocycles. The van der Waals surface area contributed by atoms with E-state index in [2.05, 4.69) is 0 Å². The summed E-state index contributed by atoms with van der Waals surface area (Å²) in [4.78, 5) is 0.301. The summed E-state index contributed by atoms with van der Waals surface area (Å²) in [6.45, 7) is 0.0461. The molecule has 1 N–H and O–H groups in total. The molecule has 1 aliphatic carbocycles. The van der Waals surface area contributed by atoms with Gasteiger partial charge >= 0.3 is 0 Å². The maximum Gasteiger partial charge on any atom is 0.244 e. The van der Waals surface area contributed by atoms with Gasteiger partial charge in [0.15, 0.2) is 0 Å². The molecule has 1 aromatic rings. The molecule has 0 saturated heterocycles. The molecule has 0 unspecified atom stereocenters. The monoisotopic (exact) mass is 244 g/mol. The SMILES string of the molecule is Cn1ccc(S(=O)(=O)N(CCO)C2CC2)c1. The van der Waals surface area contributed by atoms with E-state index in [-0.39, 0.29) is 19.2 Å². The lowest BCUT2D eigenvalue weighted by Gasteiger charge is -2.19. The molecule has 16 heavy (non-hydrogen) atoms. The average molecular weight is 244 g/mol. The molecule has 1 heterocycles. The van der Waals surface area contributed by atoms with E-state index in [1.165, 1.54) is 4.31 Å². The van der Waals surface area contributed by atoms with Gasteiger partial charge in [-0.1, -0.05) is 0 Å². The first kappa shape index (κ1) is 11.6. The molecule has 1 aromatic heterocycles. The topological polar surface area (TPSA) is 62.5 Å². The van der Waals surface area contributed by atoms with Gasteiger partial charge in [-0.3, -0.25) is 0 Å². The maximum atomic E-state index is 12.2. The summed E-state index contributed by atoms with van der Waals surface area (Å²) in [6.07, 6.45) is 5.08. The number of aliphatic hydroxyl groups excluding tert-OH is 1. The first-order valence-corrected chi connectivity index (χ1v) is 6.74. The summed E-state index contributed by atoms with van der Waals surface area (Å²) in [7, 11) is -1.64. The molecule has 0 atom stereocenters. The van der Waals surface area contributed by atoms with Gasteiger partial charge in [0.05, 0.1) is 11.5 Å². The van der Waals surface area contributed by atoms with Crippen LogP contribution in [0.15, 0.2) is 23.4 Å². The largest absolute Gasteiger partial charge is 0.395 e. The smallest absolute Gasteiger partial charge is 0.244 e. The van der Waals surface area contributed by atoms with Gasteiger partial charge in [-0.15, -0.1) is 0 Å². The highest BCUT2D eigenvalue weighted by Gasteiger charge is 2.37. The van der Waals surface area contributed by atoms with Crippen LogP contribution in [-0.4, -0.2) is 41.6 Å². The van der Waals surface area contributed by atoms with E-state index >= 15 is 0 Å². The second-order valence-electron chi connectivity index (χ2n) is 4.08. The van der Waals surface area contributed by atoms with Gasteiger partial charge in [0.1, 0.15) is 0 Å². The minimum Gasteiger partial charge on any atom is -0.395 e. The fourth-order valence-corrected chi connectivity index (χ4v) is 3.45. The molecular formula is C10H16N2O3S. The Hall–Kier alpha value is -0.850. The lowest BCUT2D eigenvalue weighted by Crippen LogP contribution is -2.35. The van der Waals surface area contributed by atoms with Crippen molar-refractivity contribution < 1.29 is 13.5 Å². The fourth-order valence-electron chi connectivity index (χ4n) is 1.73. The maximum absolute atomic E-state index is 12.2. The fraction of sp³-hybridized carbons (Fsp3) is 0.600. The summed E-state index contributed by atoms with van der Waals surface area (Å²) in [5.41, 5.74) is 0. The standard InChI is InChI=1S/C10H16N2O3S/c1-11-5-4-10(8-11)16(14,15)12(6-7-13)9-2-3-9/h4-5,8-9,13H,2-3,6-7H2,1H3. The van der Waals surface area contributed by atoms with E-state index in [0.29, 0.717) is 4.90 Å². The predicted octanol–water partition coefficient (Wildman–Crippen LogP) is 0.170. The quantitative estimate of drug-likeness (QED) is 0.803. The Labute approximate surface area is 95.3 Å². The van der Waals surface area contributed by atoms with Crippen LogP contribution in [-0.2, 0) is 17.1 Å². The molecule has 2 rings (SSSR count). The average Bonchev–Trinajstić information content (AvgIpc) is 2.96. The number of aryl methyl sites for hydroxylation is 1. The van der Waals surface area contributed by atoms with Crippen LogP contribution in [0.1, 0.15) is 12.8 Å². The van der Waals surface area contributed by atoms with Crippen LogP contribution in [0, 0.1) is 0 Å². The number of sulfonamides is 1. The van der Waals surface area contributed by atoms with Gasteiger partial charge in [0.25, 0.3) is 0 Å². The number of nitrogens with zero attached hydrogens (tertiary/aromatic N) is 2. The van der Waals surface area contributed by atoms with E-state index in [4.69, 9.17) is 5.11 Å². The summed E-state index contributed by atoms with van der Waals surface area (Å²) in [5.74, 6) is 0. The molecule has 0 amide bonds. The van der Waals surface area contributed by atoms with Crippen LogP contribution in [0.2, 0.25) is 0 Å². The van der Waals surface area contributed by atoms with Crippen LogP contribution in [0.4, 0.5) is 0 Å². The highest BCUT2D eigenvalue weighted by atomic mass is 32.2. The molecule has 5 nitrogen and oxygen atoms in total. The Morgan fingerprint density at radius 3 is 2.69 bits per heavy atom. The van der Waals surface area contributed by atoms with Gasteiger partial charge < -0.3 is 9.67 Å². The molecule has 0 spiro atoms. The van der Waals surface area contributed by atoms with Crippen molar-refractivity contribution in [3.63, 3.8) is 0 Å². The van der Waals surface area contributed by atoms with Gasteiger partial charge in [-0.2, -0.15) is 4.31 Å². The minimum atomic E-state index is -3.43. The number of hydrogen-bond acceptors (Lipinski definition) is 3. The molecule has 1 fully saturated rings. The molecule has 0 aromatic carbocycles. The third-order valence-electron chi connectivity index (χ3n) is 2.69. The highest BCUT2D eigenvalue weighted by molar-refractivity contribution is 7.89. The number of aromatic nitrogens is 1. The molecule has 90 valence electrons. The third-order valence-corrected chi connectivity index (χ3v) is 4.62. The summed E-state index contributed by atoms with van der Waals surface area (Å²) in [5, 5.41) is 8.92. The Morgan fingerprint density at radius 1 is 1.56 bits per heavy atom. The lowest BCUT2D eigenvalue weighted by molar-refractivity contribution is 0.250. The zero-order valence-electron chi connectivity index (χ0n) is 9.20. The zero-order chi connectivity index (χ0) is 11.8. The van der Waals surface area contributed by atoms with Crippen molar-refractivity contribution in [2.75, 3.05) is 13.2 Å². The van der Waals surface area contributed by atoms with Crippen molar-refractivity contribution in [2.24, 2.45) is 7.05 Å². The molecule has 0 bridgehead atoms. The molecular weight excluding hydrogens is 228 g/mol. The van der Waals surface area contributed by atoms with Gasteiger partial charge in [0, 0.05) is 32.0 Å². The Bertz CT molecular complexity index is 462. The van der Waals surface area contributed by atoms with Crippen LogP contribution in [0.3, 0.4) is 0 Å². The number of rotatable bonds is 5. The van der Waals surface area contributed by atoms with Crippen molar-refractivity contribution in [2.45, 2.75) is 23.8 Å². The van der Waals surface area contributed by atoms with Crippen molar-refractivity contribution >= 4 is 10.0 Å². The Kier molecular flexibility index (Phi) is 3.05. The summed E-state index contributed by atoms with van der Waals surface area (Å²) < 4.78 is 27.5. The third kappa shape index (κ3) is 2.14. The van der Waals surface area contributed by atoms with E-state index in [9.17, 15) is 8.42 Å². The van der Waals surface area contributed by atoms with Crippen molar-refractivity contribution in [1.82, 2.24) is 8.87 Å². The molecule has 0 aliphatic heterocycles. The van der Waals surface area contributed by atoms with Crippen molar-refractivity contribution in [3.8, 4) is 0 Å². The number of aliphatic hydroxyl groups is 1. The number of hydrogen-bond donors (Lipinski definition) is 1. The normalized spacial score (nSPS) is 16.9. The summed E-state index contributed by atoms with van der Waals surface area (Å²) in [6, 6.07) is 1.67. The van der Waals surface area contributed by atoms with E-state index in [0.717, 1.165) is 12.8 Å².